The summed E-state index contributed by atoms with van der Waals surface area (Å²) in [6, 6.07) is 0. The van der Waals surface area contributed by atoms with Crippen LogP contribution in [0.25, 0.3) is 17.2 Å². The first kappa shape index (κ1) is 23.2. The summed E-state index contributed by atoms with van der Waals surface area (Å²) in [7, 11) is 0. The molecule has 9 N–H and O–H groups in total. The maximum atomic E-state index is 6.33. The van der Waals surface area contributed by atoms with Crippen molar-refractivity contribution in [3.63, 3.8) is 0 Å². The fraction of sp³-hybridized carbons (Fsp3) is 1.00. The molecule has 85 valence electrons. The molecule has 0 aliphatic heterocycles. The Bertz CT molecular complexity index is 32.6. The molecular weight excluding hydrogens is 215 g/mol. The summed E-state index contributed by atoms with van der Waals surface area (Å²) >= 11 is 0. The van der Waals surface area contributed by atoms with Crippen molar-refractivity contribution in [1.82, 2.24) is 0 Å². The van der Waals surface area contributed by atoms with Crippen LogP contribution in [0.1, 0.15) is 0 Å². The summed E-state index contributed by atoms with van der Waals surface area (Å²) in [5.74, 6) is 0. The Morgan fingerprint density at radius 2 is 0.692 bits per heavy atom. The SMILES string of the molecule is [NH-]CCN.[NH-]CCN.[NH-]CCN.[Ni+3]. The molecule has 7 heteroatoms. The minimum absolute atomic E-state index is 0. The van der Waals surface area contributed by atoms with Crippen molar-refractivity contribution in [1.29, 1.82) is 0 Å². The van der Waals surface area contributed by atoms with Gasteiger partial charge in [0.15, 0.2) is 0 Å². The second-order valence-electron chi connectivity index (χ2n) is 1.62. The Morgan fingerprint density at radius 3 is 0.692 bits per heavy atom. The third-order valence-electron chi connectivity index (χ3n) is 0.433. The van der Waals surface area contributed by atoms with E-state index in [0.717, 1.165) is 0 Å². The molecule has 0 rings (SSSR count). The molecule has 0 atom stereocenters. The summed E-state index contributed by atoms with van der Waals surface area (Å²) in [6.45, 7) is 2.50. The normalized spacial score (nSPS) is 6.92. The first-order valence-corrected chi connectivity index (χ1v) is 3.79. The van der Waals surface area contributed by atoms with Crippen molar-refractivity contribution in [3.8, 4) is 0 Å². The van der Waals surface area contributed by atoms with Gasteiger partial charge in [-0.05, 0) is 19.6 Å². The van der Waals surface area contributed by atoms with E-state index in [4.69, 9.17) is 34.4 Å². The van der Waals surface area contributed by atoms with E-state index in [1.165, 1.54) is 0 Å². The second kappa shape index (κ2) is 39.7. The van der Waals surface area contributed by atoms with Gasteiger partial charge in [-0.15, -0.1) is 19.6 Å². The Hall–Kier alpha value is 0.254. The maximum Gasteiger partial charge on any atom is 3.00 e. The van der Waals surface area contributed by atoms with Gasteiger partial charge in [-0.1, -0.05) is 0 Å². The Balaban J connectivity index is -0.0000000450. The molecule has 0 aliphatic rings. The topological polar surface area (TPSA) is 149 Å². The molecule has 1 radical (unpaired) electrons. The van der Waals surface area contributed by atoms with Crippen molar-refractivity contribution in [2.24, 2.45) is 17.2 Å². The van der Waals surface area contributed by atoms with Gasteiger partial charge in [0.05, 0.1) is 0 Å². The smallest absolute Gasteiger partial charge is 0.676 e. The van der Waals surface area contributed by atoms with Crippen LogP contribution in [0, 0.1) is 0 Å². The van der Waals surface area contributed by atoms with Gasteiger partial charge < -0.3 is 34.4 Å². The molecule has 0 aromatic heterocycles. The van der Waals surface area contributed by atoms with Crippen LogP contribution in [0.15, 0.2) is 0 Å². The molecule has 0 amide bonds. The quantitative estimate of drug-likeness (QED) is 0.591. The van der Waals surface area contributed by atoms with Crippen LogP contribution in [0.4, 0.5) is 0 Å². The minimum Gasteiger partial charge on any atom is -0.676 e. The second-order valence-corrected chi connectivity index (χ2v) is 1.62. The monoisotopic (exact) mass is 235 g/mol. The van der Waals surface area contributed by atoms with E-state index in [1.807, 2.05) is 0 Å². The first-order valence-electron chi connectivity index (χ1n) is 3.79. The van der Waals surface area contributed by atoms with Gasteiger partial charge in [-0.25, -0.2) is 0 Å². The van der Waals surface area contributed by atoms with Crippen LogP contribution in [0.3, 0.4) is 0 Å². The average molecular weight is 236 g/mol. The van der Waals surface area contributed by atoms with Crippen molar-refractivity contribution in [2.45, 2.75) is 0 Å². The predicted molar refractivity (Wildman–Crippen MR) is 54.7 cm³/mol. The maximum absolute atomic E-state index is 6.33. The van der Waals surface area contributed by atoms with Crippen LogP contribution in [0.5, 0.6) is 0 Å². The zero-order valence-electron chi connectivity index (χ0n) is 7.79. The van der Waals surface area contributed by atoms with E-state index in [0.29, 0.717) is 39.3 Å². The third kappa shape index (κ3) is 122. The van der Waals surface area contributed by atoms with Gasteiger partial charge in [0.25, 0.3) is 0 Å². The van der Waals surface area contributed by atoms with Gasteiger partial charge in [0, 0.05) is 0 Å². The third-order valence-corrected chi connectivity index (χ3v) is 0.433. The van der Waals surface area contributed by atoms with Crippen LogP contribution < -0.4 is 17.2 Å². The van der Waals surface area contributed by atoms with Crippen LogP contribution in [-0.4, -0.2) is 39.3 Å². The first-order chi connectivity index (χ1) is 5.74. The van der Waals surface area contributed by atoms with E-state index in [1.54, 1.807) is 0 Å². The fourth-order valence-electron chi connectivity index (χ4n) is 0. The Kier molecular flexibility index (Phi) is 70.9. The zero-order valence-corrected chi connectivity index (χ0v) is 8.78. The van der Waals surface area contributed by atoms with Gasteiger partial charge in [0.2, 0.25) is 0 Å². The Morgan fingerprint density at radius 1 is 0.615 bits per heavy atom. The molecule has 0 saturated heterocycles. The summed E-state index contributed by atoms with van der Waals surface area (Å²) in [5.41, 5.74) is 33.5. The summed E-state index contributed by atoms with van der Waals surface area (Å²) < 4.78 is 0. The number of rotatable bonds is 3. The average Bonchev–Trinajstić information content (AvgIpc) is 2.18. The summed E-state index contributed by atoms with van der Waals surface area (Å²) in [6.07, 6.45) is 0. The molecule has 0 aliphatic carbocycles. The van der Waals surface area contributed by atoms with Crippen LogP contribution in [0.2, 0.25) is 0 Å². The van der Waals surface area contributed by atoms with Crippen molar-refractivity contribution in [3.05, 3.63) is 17.2 Å². The van der Waals surface area contributed by atoms with E-state index in [-0.39, 0.29) is 16.5 Å². The van der Waals surface area contributed by atoms with Gasteiger partial charge in [0.1, 0.15) is 0 Å². The van der Waals surface area contributed by atoms with Crippen molar-refractivity contribution in [2.75, 3.05) is 39.3 Å². The number of nitrogens with two attached hydrogens (primary N) is 3. The molecule has 0 heterocycles. The van der Waals surface area contributed by atoms with E-state index in [2.05, 4.69) is 0 Å². The largest absolute Gasteiger partial charge is 3.00 e. The molecule has 6 nitrogen and oxygen atoms in total. The van der Waals surface area contributed by atoms with E-state index >= 15 is 0 Å². The standard InChI is InChI=1S/3C2H7N2.Ni/c3*3-1-2-4;/h3*3H,1-2,4H2;/q3*-1;+3. The van der Waals surface area contributed by atoms with E-state index < -0.39 is 0 Å². The number of nitrogens with one attached hydrogen (secondary N) is 3. The molecule has 0 spiro atoms. The molecule has 0 bridgehead atoms. The van der Waals surface area contributed by atoms with Gasteiger partial charge in [-0.3, -0.25) is 0 Å². The minimum atomic E-state index is 0. The molecule has 0 saturated carbocycles. The Labute approximate surface area is 90.7 Å². The van der Waals surface area contributed by atoms with Crippen LogP contribution in [-0.2, 0) is 16.5 Å². The number of hydrogen-bond acceptors (Lipinski definition) is 3. The summed E-state index contributed by atoms with van der Waals surface area (Å²) in [4.78, 5) is 0. The molecule has 0 fully saturated rings. The van der Waals surface area contributed by atoms with Crippen molar-refractivity contribution >= 4 is 0 Å². The van der Waals surface area contributed by atoms with Crippen molar-refractivity contribution < 1.29 is 16.5 Å². The molecular formula is C6H21N6Ni. The molecule has 0 unspecified atom stereocenters. The van der Waals surface area contributed by atoms with Gasteiger partial charge >= 0.3 is 16.5 Å². The zero-order chi connectivity index (χ0) is 10.2. The van der Waals surface area contributed by atoms with E-state index in [9.17, 15) is 0 Å². The predicted octanol–water partition coefficient (Wildman–Crippen LogP) is -0.0106. The van der Waals surface area contributed by atoms with Gasteiger partial charge in [-0.2, -0.15) is 0 Å². The summed E-state index contributed by atoms with van der Waals surface area (Å²) in [5, 5.41) is 0. The van der Waals surface area contributed by atoms with Crippen LogP contribution >= 0.6 is 0 Å². The molecule has 0 aromatic rings. The molecule has 13 heavy (non-hydrogen) atoms. The fourth-order valence-corrected chi connectivity index (χ4v) is 0. The number of hydrogen-bond donors (Lipinski definition) is 3. The molecule has 0 aromatic carbocycles.